The molecule has 2 unspecified atom stereocenters. The van der Waals surface area contributed by atoms with E-state index in [1.54, 1.807) is 0 Å². The third-order valence-electron chi connectivity index (χ3n) is 12.0. The van der Waals surface area contributed by atoms with Crippen LogP contribution in [0.3, 0.4) is 0 Å². The molecule has 3 heteroatoms. The molecule has 2 atom stereocenters. The molecule has 3 nitrogen and oxygen atoms in total. The molecule has 1 spiro atoms. The van der Waals surface area contributed by atoms with Crippen LogP contribution >= 0.6 is 0 Å². The second kappa shape index (κ2) is 12.9. The van der Waals surface area contributed by atoms with E-state index in [1.807, 2.05) is 0 Å². The number of fused-ring (bicyclic) bond motifs is 13. The van der Waals surface area contributed by atoms with Crippen molar-refractivity contribution in [1.82, 2.24) is 0 Å². The summed E-state index contributed by atoms with van der Waals surface area (Å²) in [6.07, 6.45) is 16.3. The van der Waals surface area contributed by atoms with Crippen molar-refractivity contribution in [3.05, 3.63) is 238 Å². The van der Waals surface area contributed by atoms with Gasteiger partial charge in [0.2, 0.25) is 0 Å². The maximum Gasteiger partial charge on any atom is 0.140 e. The van der Waals surface area contributed by atoms with Crippen LogP contribution in [0.25, 0.3) is 44.5 Å². The molecule has 0 saturated heterocycles. The maximum atomic E-state index is 6.73. The van der Waals surface area contributed by atoms with Crippen molar-refractivity contribution >= 4 is 16.7 Å². The van der Waals surface area contributed by atoms with Gasteiger partial charge in [0.25, 0.3) is 0 Å². The number of aliphatic imine (C=N–C) groups is 1. The van der Waals surface area contributed by atoms with Crippen LogP contribution in [0, 0.1) is 5.92 Å². The lowest BCUT2D eigenvalue weighted by Crippen LogP contribution is -2.25. The summed E-state index contributed by atoms with van der Waals surface area (Å²) in [5, 5.41) is 1.16. The Hall–Kier alpha value is -6.81. The molecule has 0 saturated carbocycles. The van der Waals surface area contributed by atoms with E-state index in [9.17, 15) is 0 Å². The highest BCUT2D eigenvalue weighted by Crippen LogP contribution is 2.65. The van der Waals surface area contributed by atoms with E-state index in [-0.39, 0.29) is 0 Å². The molecular formula is C53H38N2O. The Morgan fingerprint density at radius 3 is 2.29 bits per heavy atom. The highest BCUT2D eigenvalue weighted by atomic mass is 16.3. The first-order valence-electron chi connectivity index (χ1n) is 19.5. The first kappa shape index (κ1) is 32.6. The van der Waals surface area contributed by atoms with Gasteiger partial charge < -0.3 is 10.2 Å². The van der Waals surface area contributed by atoms with E-state index in [2.05, 4.69) is 188 Å². The average Bonchev–Trinajstić information content (AvgIpc) is 3.89. The highest BCUT2D eigenvalue weighted by Gasteiger charge is 2.54. The number of furan rings is 1. The molecule has 0 bridgehead atoms. The number of nitrogens with two attached hydrogens (primary N) is 1. The van der Waals surface area contributed by atoms with Gasteiger partial charge in [-0.2, -0.15) is 0 Å². The molecule has 11 rings (SSSR count). The van der Waals surface area contributed by atoms with Gasteiger partial charge in [-0.15, -0.1) is 0 Å². The Morgan fingerprint density at radius 2 is 1.41 bits per heavy atom. The fraction of sp³-hybridized carbons (Fsp3) is 0.0755. The van der Waals surface area contributed by atoms with Crippen LogP contribution in [0.4, 0.5) is 0 Å². The molecule has 2 N–H and O–H groups in total. The molecular weight excluding hydrogens is 681 g/mol. The topological polar surface area (TPSA) is 51.5 Å². The minimum Gasteiger partial charge on any atom is -0.456 e. The molecule has 4 aliphatic carbocycles. The number of benzene rings is 6. The third-order valence-corrected chi connectivity index (χ3v) is 12.0. The number of hydrogen-bond donors (Lipinski definition) is 1. The Bertz CT molecular complexity index is 2930. The lowest BCUT2D eigenvalue weighted by atomic mass is 9.70. The quantitative estimate of drug-likeness (QED) is 0.174. The zero-order valence-electron chi connectivity index (χ0n) is 30.8. The normalized spacial score (nSPS) is 19.0. The van der Waals surface area contributed by atoms with Crippen molar-refractivity contribution in [2.75, 3.05) is 6.54 Å². The largest absolute Gasteiger partial charge is 0.456 e. The van der Waals surface area contributed by atoms with E-state index in [1.165, 1.54) is 39.0 Å². The van der Waals surface area contributed by atoms with E-state index < -0.39 is 5.41 Å². The lowest BCUT2D eigenvalue weighted by Gasteiger charge is -2.30. The minimum absolute atomic E-state index is 0.345. The number of allylic oxidation sites excluding steroid dienone is 7. The molecule has 6 aromatic carbocycles. The van der Waals surface area contributed by atoms with E-state index in [4.69, 9.17) is 15.1 Å². The van der Waals surface area contributed by atoms with Gasteiger partial charge in [-0.1, -0.05) is 164 Å². The maximum absolute atomic E-state index is 6.73. The SMILES string of the molecule is NC/C=C(\N=C(c1ccccc1)c1cccc(-c2ccc3c(c2)C2(c4ccccc4-3)c3ccccc3-c3oc4ccccc4c32)c1)C1=C2C=CC=CC2CC=C1. The molecule has 1 aromatic heterocycles. The van der Waals surface area contributed by atoms with E-state index in [0.29, 0.717) is 12.5 Å². The summed E-state index contributed by atoms with van der Waals surface area (Å²) in [4.78, 5) is 5.49. The smallest absolute Gasteiger partial charge is 0.140 e. The van der Waals surface area contributed by atoms with Crippen LogP contribution in [-0.2, 0) is 5.41 Å². The van der Waals surface area contributed by atoms with Crippen molar-refractivity contribution < 1.29 is 4.42 Å². The third kappa shape index (κ3) is 4.78. The number of hydrogen-bond acceptors (Lipinski definition) is 3. The van der Waals surface area contributed by atoms with Crippen LogP contribution in [0.5, 0.6) is 0 Å². The molecule has 1 heterocycles. The fourth-order valence-corrected chi connectivity index (χ4v) is 9.70. The monoisotopic (exact) mass is 718 g/mol. The highest BCUT2D eigenvalue weighted by molar-refractivity contribution is 6.14. The standard InChI is InChI=1S/C53H38N2O/c54-31-30-48(42-24-13-17-34-14-4-5-20-39(34)42)55-51(35-15-2-1-3-16-35)38-19-12-18-36(32-38)37-28-29-41-40-21-6-9-25-45(40)53(47(41)33-37)46-26-10-7-22-43(46)52-50(53)44-23-8-11-27-49(44)56-52/h1-16,18-30,32-34H,17,31,54H2/b48-30-,55-51?. The van der Waals surface area contributed by atoms with Gasteiger partial charge in [-0.25, -0.2) is 4.99 Å². The average molecular weight is 719 g/mol. The van der Waals surface area contributed by atoms with Crippen molar-refractivity contribution in [1.29, 1.82) is 0 Å². The first-order valence-corrected chi connectivity index (χ1v) is 19.5. The number of nitrogens with zero attached hydrogens (tertiary/aromatic N) is 1. The fourth-order valence-electron chi connectivity index (χ4n) is 9.70. The zero-order chi connectivity index (χ0) is 37.2. The van der Waals surface area contributed by atoms with Crippen LogP contribution in [0.15, 0.2) is 214 Å². The van der Waals surface area contributed by atoms with Gasteiger partial charge >= 0.3 is 0 Å². The van der Waals surface area contributed by atoms with Crippen molar-refractivity contribution in [2.45, 2.75) is 11.8 Å². The second-order valence-corrected chi connectivity index (χ2v) is 15.0. The Balaban J connectivity index is 1.10. The number of rotatable bonds is 6. The Morgan fingerprint density at radius 1 is 0.679 bits per heavy atom. The first-order chi connectivity index (χ1) is 27.7. The molecule has 4 aliphatic rings. The molecule has 0 fully saturated rings. The molecule has 0 aliphatic heterocycles. The Labute approximate surface area is 326 Å². The summed E-state index contributed by atoms with van der Waals surface area (Å²) in [6, 6.07) is 52.7. The molecule has 56 heavy (non-hydrogen) atoms. The summed E-state index contributed by atoms with van der Waals surface area (Å²) < 4.78 is 6.73. The van der Waals surface area contributed by atoms with Crippen molar-refractivity contribution in [2.24, 2.45) is 16.6 Å². The minimum atomic E-state index is -0.514. The van der Waals surface area contributed by atoms with Crippen LogP contribution in [0.1, 0.15) is 39.8 Å². The summed E-state index contributed by atoms with van der Waals surface area (Å²) in [6.45, 7) is 0.395. The van der Waals surface area contributed by atoms with Crippen LogP contribution < -0.4 is 5.73 Å². The van der Waals surface area contributed by atoms with Gasteiger partial charge in [-0.05, 0) is 75.2 Å². The zero-order valence-corrected chi connectivity index (χ0v) is 30.8. The van der Waals surface area contributed by atoms with Gasteiger partial charge in [0.15, 0.2) is 0 Å². The predicted molar refractivity (Wildman–Crippen MR) is 230 cm³/mol. The molecule has 0 radical (unpaired) electrons. The van der Waals surface area contributed by atoms with E-state index in [0.717, 1.165) is 67.9 Å². The van der Waals surface area contributed by atoms with Crippen molar-refractivity contribution in [3.8, 4) is 33.6 Å². The van der Waals surface area contributed by atoms with Gasteiger partial charge in [0.1, 0.15) is 11.3 Å². The van der Waals surface area contributed by atoms with Crippen LogP contribution in [-0.4, -0.2) is 12.3 Å². The van der Waals surface area contributed by atoms with E-state index >= 15 is 0 Å². The molecule has 7 aromatic rings. The molecule has 266 valence electrons. The second-order valence-electron chi connectivity index (χ2n) is 15.0. The van der Waals surface area contributed by atoms with Gasteiger partial charge in [0.05, 0.1) is 16.8 Å². The Kier molecular flexibility index (Phi) is 7.51. The molecule has 0 amide bonds. The predicted octanol–water partition coefficient (Wildman–Crippen LogP) is 12.1. The summed E-state index contributed by atoms with van der Waals surface area (Å²) in [5.41, 5.74) is 24.0. The number of para-hydroxylation sites is 1. The van der Waals surface area contributed by atoms with Crippen LogP contribution in [0.2, 0.25) is 0 Å². The van der Waals surface area contributed by atoms with Gasteiger partial charge in [-0.3, -0.25) is 0 Å². The van der Waals surface area contributed by atoms with Gasteiger partial charge in [0, 0.05) is 45.7 Å². The summed E-state index contributed by atoms with van der Waals surface area (Å²) in [7, 11) is 0. The van der Waals surface area contributed by atoms with Crippen molar-refractivity contribution in [3.63, 3.8) is 0 Å². The lowest BCUT2D eigenvalue weighted by molar-refractivity contribution is 0.628. The summed E-state index contributed by atoms with van der Waals surface area (Å²) >= 11 is 0. The summed E-state index contributed by atoms with van der Waals surface area (Å²) in [5.74, 6) is 1.31.